The van der Waals surface area contributed by atoms with Gasteiger partial charge in [0.25, 0.3) is 0 Å². The topological polar surface area (TPSA) is 47.8 Å². The molecule has 2 aromatic rings. The summed E-state index contributed by atoms with van der Waals surface area (Å²) < 4.78 is 15.1. The van der Waals surface area contributed by atoms with Gasteiger partial charge in [0.15, 0.2) is 5.78 Å². The van der Waals surface area contributed by atoms with Crippen molar-refractivity contribution < 1.29 is 9.18 Å². The summed E-state index contributed by atoms with van der Waals surface area (Å²) in [6, 6.07) is 9.82. The van der Waals surface area contributed by atoms with E-state index >= 15 is 0 Å². The van der Waals surface area contributed by atoms with Crippen LogP contribution in [0.5, 0.6) is 0 Å². The summed E-state index contributed by atoms with van der Waals surface area (Å²) in [6.45, 7) is 0.569. The largest absolute Gasteiger partial charge is 0.292 e. The van der Waals surface area contributed by atoms with Gasteiger partial charge in [-0.3, -0.25) is 4.79 Å². The van der Waals surface area contributed by atoms with Gasteiger partial charge in [0.1, 0.15) is 11.9 Å². The van der Waals surface area contributed by atoms with Crippen molar-refractivity contribution in [3.8, 4) is 12.3 Å². The average molecular weight is 313 g/mol. The number of terminal acetylenes is 1. The zero-order chi connectivity index (χ0) is 16.5. The van der Waals surface area contributed by atoms with Crippen molar-refractivity contribution in [1.82, 2.24) is 15.0 Å². The lowest BCUT2D eigenvalue weighted by molar-refractivity contribution is 0.0971. The highest BCUT2D eigenvalue weighted by Gasteiger charge is 2.12. The first-order valence-electron chi connectivity index (χ1n) is 7.74. The Bertz CT molecular complexity index is 660. The van der Waals surface area contributed by atoms with E-state index in [4.69, 9.17) is 6.42 Å². The third kappa shape index (κ3) is 5.67. The normalized spacial score (nSPS) is 11.8. The van der Waals surface area contributed by atoms with E-state index in [9.17, 15) is 9.18 Å². The zero-order valence-corrected chi connectivity index (χ0v) is 13.0. The second-order valence-electron chi connectivity index (χ2n) is 5.44. The summed E-state index contributed by atoms with van der Waals surface area (Å²) >= 11 is 0. The molecule has 0 aliphatic heterocycles. The fraction of sp³-hybridized carbons (Fsp3) is 0.389. The molecule has 0 radical (unpaired) electrons. The van der Waals surface area contributed by atoms with Gasteiger partial charge >= 0.3 is 0 Å². The Hall–Kier alpha value is -2.48. The van der Waals surface area contributed by atoms with Crippen LogP contribution >= 0.6 is 0 Å². The molecule has 23 heavy (non-hydrogen) atoms. The molecular weight excluding hydrogens is 293 g/mol. The molecule has 4 nitrogen and oxygen atoms in total. The number of hydrogen-bond donors (Lipinski definition) is 0. The third-order valence-electron chi connectivity index (χ3n) is 3.53. The van der Waals surface area contributed by atoms with E-state index in [1.165, 1.54) is 0 Å². The average Bonchev–Trinajstić information content (AvgIpc) is 3.02. The van der Waals surface area contributed by atoms with Gasteiger partial charge in [-0.15, -0.1) is 17.4 Å². The first kappa shape index (κ1) is 16.9. The Kier molecular flexibility index (Phi) is 6.49. The van der Waals surface area contributed by atoms with Crippen LogP contribution < -0.4 is 0 Å². The number of carbonyl (C=O) groups excluding carboxylic acids is 1. The Balaban J connectivity index is 1.78. The molecule has 0 saturated heterocycles. The summed E-state index contributed by atoms with van der Waals surface area (Å²) in [6.07, 6.45) is 7.72. The van der Waals surface area contributed by atoms with Gasteiger partial charge < -0.3 is 0 Å². The fourth-order valence-corrected chi connectivity index (χ4v) is 2.27. The highest BCUT2D eigenvalue weighted by Crippen LogP contribution is 2.12. The van der Waals surface area contributed by atoms with Crippen molar-refractivity contribution in [2.75, 3.05) is 0 Å². The van der Waals surface area contributed by atoms with Crippen LogP contribution in [0.4, 0.5) is 4.39 Å². The molecule has 0 saturated carbocycles. The quantitative estimate of drug-likeness (QED) is 0.526. The Morgan fingerprint density at radius 2 is 2.09 bits per heavy atom. The summed E-state index contributed by atoms with van der Waals surface area (Å²) in [5, 5.41) is 7.87. The molecule has 0 aliphatic carbocycles. The predicted molar refractivity (Wildman–Crippen MR) is 86.7 cm³/mol. The first-order chi connectivity index (χ1) is 11.2. The van der Waals surface area contributed by atoms with Gasteiger partial charge in [0, 0.05) is 12.8 Å². The van der Waals surface area contributed by atoms with E-state index in [1.54, 1.807) is 10.9 Å². The molecule has 0 fully saturated rings. The number of hydrogen-bond acceptors (Lipinski definition) is 3. The maximum Gasteiger partial charge on any atom is 0.184 e. The predicted octanol–water partition coefficient (Wildman–Crippen LogP) is 3.43. The van der Waals surface area contributed by atoms with Crippen molar-refractivity contribution in [1.29, 1.82) is 0 Å². The maximum atomic E-state index is 13.5. The molecule has 1 unspecified atom stereocenters. The molecule has 0 spiro atoms. The van der Waals surface area contributed by atoms with Crippen molar-refractivity contribution in [3.05, 3.63) is 47.8 Å². The molecule has 120 valence electrons. The Labute approximate surface area is 135 Å². The molecule has 1 aromatic heterocycles. The van der Waals surface area contributed by atoms with E-state index in [1.807, 2.05) is 30.3 Å². The lowest BCUT2D eigenvalue weighted by atomic mass is 10.1. The summed E-state index contributed by atoms with van der Waals surface area (Å²) in [7, 11) is 0. The number of rotatable bonds is 9. The van der Waals surface area contributed by atoms with Crippen LogP contribution in [0.15, 0.2) is 36.5 Å². The summed E-state index contributed by atoms with van der Waals surface area (Å²) in [5.41, 5.74) is 1.42. The third-order valence-corrected chi connectivity index (χ3v) is 3.53. The van der Waals surface area contributed by atoms with Gasteiger partial charge in [-0.05, 0) is 24.8 Å². The van der Waals surface area contributed by atoms with Crippen molar-refractivity contribution in [3.63, 3.8) is 0 Å². The SMILES string of the molecule is C#CCCC(F)CCCC(=O)c1cn(Cc2ccccc2)nn1. The number of halogens is 1. The monoisotopic (exact) mass is 313 g/mol. The lowest BCUT2D eigenvalue weighted by Gasteiger charge is -2.04. The minimum atomic E-state index is -0.937. The van der Waals surface area contributed by atoms with Gasteiger partial charge in [-0.2, -0.15) is 0 Å². The van der Waals surface area contributed by atoms with Crippen LogP contribution in [-0.4, -0.2) is 26.9 Å². The van der Waals surface area contributed by atoms with Crippen LogP contribution in [0.1, 0.15) is 48.2 Å². The van der Waals surface area contributed by atoms with E-state index in [2.05, 4.69) is 16.2 Å². The minimum Gasteiger partial charge on any atom is -0.292 e. The number of carbonyl (C=O) groups is 1. The number of aromatic nitrogens is 3. The minimum absolute atomic E-state index is 0.103. The van der Waals surface area contributed by atoms with E-state index in [0.717, 1.165) is 5.56 Å². The van der Waals surface area contributed by atoms with Gasteiger partial charge in [-0.25, -0.2) is 9.07 Å². The smallest absolute Gasteiger partial charge is 0.184 e. The number of Topliss-reactive ketones (excluding diaryl/α,β-unsaturated/α-hetero) is 1. The van der Waals surface area contributed by atoms with E-state index in [0.29, 0.717) is 37.9 Å². The molecule has 0 amide bonds. The first-order valence-corrected chi connectivity index (χ1v) is 7.74. The standard InChI is InChI=1S/C18H20FN3O/c1-2-3-10-16(19)11-7-12-18(23)17-14-22(21-20-17)13-15-8-5-4-6-9-15/h1,4-6,8-9,14,16H,3,7,10-13H2. The van der Waals surface area contributed by atoms with Crippen LogP contribution in [0.2, 0.25) is 0 Å². The molecule has 1 aromatic carbocycles. The van der Waals surface area contributed by atoms with Crippen LogP contribution in [0.25, 0.3) is 0 Å². The molecule has 0 bridgehead atoms. The summed E-state index contributed by atoms with van der Waals surface area (Å²) in [4.78, 5) is 12.0. The summed E-state index contributed by atoms with van der Waals surface area (Å²) in [5.74, 6) is 2.32. The lowest BCUT2D eigenvalue weighted by Crippen LogP contribution is -2.04. The van der Waals surface area contributed by atoms with Crippen LogP contribution in [-0.2, 0) is 6.54 Å². The molecule has 1 heterocycles. The van der Waals surface area contributed by atoms with E-state index in [-0.39, 0.29) is 12.2 Å². The zero-order valence-electron chi connectivity index (χ0n) is 13.0. The number of benzene rings is 1. The Morgan fingerprint density at radius 1 is 1.30 bits per heavy atom. The Morgan fingerprint density at radius 3 is 2.83 bits per heavy atom. The molecule has 5 heteroatoms. The highest BCUT2D eigenvalue weighted by molar-refractivity contribution is 5.93. The number of ketones is 1. The van der Waals surface area contributed by atoms with Gasteiger partial charge in [0.05, 0.1) is 12.7 Å². The van der Waals surface area contributed by atoms with Crippen LogP contribution in [0.3, 0.4) is 0 Å². The second-order valence-corrected chi connectivity index (χ2v) is 5.44. The second kappa shape index (κ2) is 8.84. The number of alkyl halides is 1. The van der Waals surface area contributed by atoms with Gasteiger partial charge in [-0.1, -0.05) is 35.5 Å². The number of nitrogens with zero attached hydrogens (tertiary/aromatic N) is 3. The van der Waals surface area contributed by atoms with Gasteiger partial charge in [0.2, 0.25) is 0 Å². The molecule has 2 rings (SSSR count). The molecule has 1 atom stereocenters. The fourth-order valence-electron chi connectivity index (χ4n) is 2.27. The molecular formula is C18H20FN3O. The van der Waals surface area contributed by atoms with E-state index < -0.39 is 6.17 Å². The maximum absolute atomic E-state index is 13.5. The van der Waals surface area contributed by atoms with Crippen molar-refractivity contribution in [2.45, 2.75) is 44.8 Å². The molecule has 0 N–H and O–H groups in total. The molecule has 0 aliphatic rings. The van der Waals surface area contributed by atoms with Crippen molar-refractivity contribution >= 4 is 5.78 Å². The highest BCUT2D eigenvalue weighted by atomic mass is 19.1. The van der Waals surface area contributed by atoms with Crippen LogP contribution in [0, 0.1) is 12.3 Å². The van der Waals surface area contributed by atoms with Crippen molar-refractivity contribution in [2.24, 2.45) is 0 Å².